The number of aliphatic hydroxyl groups excluding tert-OH is 2. The summed E-state index contributed by atoms with van der Waals surface area (Å²) in [6, 6.07) is 1.95. The van der Waals surface area contributed by atoms with Gasteiger partial charge in [-0.25, -0.2) is 0 Å². The summed E-state index contributed by atoms with van der Waals surface area (Å²) >= 11 is 0. The number of ketones is 2. The number of hydrogen-bond acceptors (Lipinski definition) is 9. The van der Waals surface area contributed by atoms with Gasteiger partial charge in [-0.1, -0.05) is 0 Å². The highest BCUT2D eigenvalue weighted by atomic mass is 16.5. The third-order valence-corrected chi connectivity index (χ3v) is 5.11. The van der Waals surface area contributed by atoms with Gasteiger partial charge in [-0.3, -0.25) is 9.59 Å². The van der Waals surface area contributed by atoms with Gasteiger partial charge in [0.25, 0.3) is 0 Å². The molecule has 2 aliphatic rings. The molecule has 136 valence electrons. The summed E-state index contributed by atoms with van der Waals surface area (Å²) in [7, 11) is 1.16. The zero-order valence-electron chi connectivity index (χ0n) is 13.4. The predicted molar refractivity (Wildman–Crippen MR) is 80.5 cm³/mol. The summed E-state index contributed by atoms with van der Waals surface area (Å²) in [4.78, 5) is 25.8. The molecule has 1 aromatic rings. The van der Waals surface area contributed by atoms with E-state index in [-0.39, 0.29) is 5.75 Å². The first-order valence-electron chi connectivity index (χ1n) is 7.45. The number of benzene rings is 1. The van der Waals surface area contributed by atoms with E-state index in [1.165, 1.54) is 0 Å². The molecule has 0 radical (unpaired) electrons. The van der Waals surface area contributed by atoms with Crippen molar-refractivity contribution in [3.63, 3.8) is 0 Å². The van der Waals surface area contributed by atoms with Crippen LogP contribution in [0, 0.1) is 0 Å². The second-order valence-electron chi connectivity index (χ2n) is 6.78. The van der Waals surface area contributed by atoms with Gasteiger partial charge >= 0.3 is 0 Å². The van der Waals surface area contributed by atoms with E-state index >= 15 is 0 Å². The largest absolute Gasteiger partial charge is 0.508 e. The third-order valence-electron chi connectivity index (χ3n) is 5.11. The van der Waals surface area contributed by atoms with Gasteiger partial charge in [0.2, 0.25) is 5.78 Å². The summed E-state index contributed by atoms with van der Waals surface area (Å²) in [5, 5.41) is 61.9. The molecular weight excluding hydrogens is 336 g/mol. The SMILES string of the molecule is COc1cc(O)cc2c1C(=O)[C@]1(O)[C@@H](O)[C@H](O)[C@](C)(O)C[C@]1(O)C2=O. The molecule has 0 spiro atoms. The van der Waals surface area contributed by atoms with Crippen LogP contribution in [0.1, 0.15) is 34.1 Å². The Bertz CT molecular complexity index is 786. The van der Waals surface area contributed by atoms with Gasteiger partial charge in [0.1, 0.15) is 23.7 Å². The Hall–Kier alpha value is -2.04. The summed E-state index contributed by atoms with van der Waals surface area (Å²) in [5.74, 6) is -3.12. The van der Waals surface area contributed by atoms with E-state index in [1.807, 2.05) is 0 Å². The van der Waals surface area contributed by atoms with Crippen LogP contribution in [-0.2, 0) is 0 Å². The van der Waals surface area contributed by atoms with E-state index in [0.717, 1.165) is 26.2 Å². The quantitative estimate of drug-likeness (QED) is 0.338. The maximum absolute atomic E-state index is 12.9. The Balaban J connectivity index is 2.35. The number of aromatic hydroxyl groups is 1. The number of phenols is 1. The predicted octanol–water partition coefficient (Wildman–Crippen LogP) is -1.88. The number of carbonyl (C=O) groups excluding carboxylic acids is 2. The second-order valence-corrected chi connectivity index (χ2v) is 6.78. The van der Waals surface area contributed by atoms with Crippen LogP contribution >= 0.6 is 0 Å². The Morgan fingerprint density at radius 1 is 1.08 bits per heavy atom. The fourth-order valence-corrected chi connectivity index (χ4v) is 3.73. The topological polar surface area (TPSA) is 165 Å². The molecule has 9 nitrogen and oxygen atoms in total. The molecule has 0 unspecified atom stereocenters. The zero-order chi connectivity index (χ0) is 18.9. The van der Waals surface area contributed by atoms with Crippen LogP contribution in [-0.4, -0.2) is 78.3 Å². The van der Waals surface area contributed by atoms with Crippen LogP contribution in [0.25, 0.3) is 0 Å². The van der Waals surface area contributed by atoms with Crippen LogP contribution in [0.5, 0.6) is 11.5 Å². The van der Waals surface area contributed by atoms with Crippen molar-refractivity contribution in [1.29, 1.82) is 0 Å². The molecule has 1 aromatic carbocycles. The summed E-state index contributed by atoms with van der Waals surface area (Å²) in [6.07, 6.45) is -5.25. The molecule has 0 aromatic heterocycles. The molecule has 1 saturated carbocycles. The van der Waals surface area contributed by atoms with Crippen molar-refractivity contribution in [1.82, 2.24) is 0 Å². The van der Waals surface area contributed by atoms with Crippen molar-refractivity contribution >= 4 is 11.6 Å². The summed E-state index contributed by atoms with van der Waals surface area (Å²) < 4.78 is 4.95. The second kappa shape index (κ2) is 4.99. The van der Waals surface area contributed by atoms with Gasteiger partial charge in [0, 0.05) is 18.1 Å². The lowest BCUT2D eigenvalue weighted by atomic mass is 9.55. The van der Waals surface area contributed by atoms with Gasteiger partial charge in [-0.15, -0.1) is 0 Å². The lowest BCUT2D eigenvalue weighted by molar-refractivity contribution is -0.260. The van der Waals surface area contributed by atoms with E-state index in [2.05, 4.69) is 0 Å². The highest BCUT2D eigenvalue weighted by Gasteiger charge is 2.74. The number of Topliss-reactive ketones (excluding diaryl/α,β-unsaturated/α-hetero) is 2. The lowest BCUT2D eigenvalue weighted by Crippen LogP contribution is -2.80. The number of methoxy groups -OCH3 is 1. The average Bonchev–Trinajstić information content (AvgIpc) is 2.54. The molecule has 6 N–H and O–H groups in total. The van der Waals surface area contributed by atoms with Crippen molar-refractivity contribution in [2.24, 2.45) is 0 Å². The van der Waals surface area contributed by atoms with Crippen molar-refractivity contribution in [3.05, 3.63) is 23.3 Å². The van der Waals surface area contributed by atoms with E-state index < -0.39 is 63.9 Å². The maximum Gasteiger partial charge on any atom is 0.205 e. The smallest absolute Gasteiger partial charge is 0.205 e. The molecule has 0 saturated heterocycles. The molecule has 0 heterocycles. The van der Waals surface area contributed by atoms with Crippen molar-refractivity contribution < 1.29 is 45.0 Å². The number of carbonyl (C=O) groups is 2. The van der Waals surface area contributed by atoms with Crippen LogP contribution in [0.4, 0.5) is 0 Å². The Morgan fingerprint density at radius 2 is 1.68 bits per heavy atom. The standard InChI is InChI=1S/C16H18O9/c1-14(22)5-15(23)10(18)7-3-6(17)4-8(25-2)9(7)11(19)16(15,24)13(21)12(14)20/h3-4,12-13,17,20-24H,5H2,1-2H3/t12-,13-,14+,15-,16-/m0/s1. The fraction of sp³-hybridized carbons (Fsp3) is 0.500. The number of aliphatic hydroxyl groups is 5. The normalized spacial score (nSPS) is 40.4. The van der Waals surface area contributed by atoms with Crippen LogP contribution in [0.15, 0.2) is 12.1 Å². The molecule has 3 rings (SSSR count). The van der Waals surface area contributed by atoms with Crippen molar-refractivity contribution in [2.75, 3.05) is 7.11 Å². The molecule has 5 atom stereocenters. The van der Waals surface area contributed by atoms with Crippen LogP contribution < -0.4 is 4.74 Å². The molecule has 0 aliphatic heterocycles. The van der Waals surface area contributed by atoms with E-state index in [4.69, 9.17) is 4.74 Å². The number of phenolic OH excluding ortho intramolecular Hbond substituents is 1. The van der Waals surface area contributed by atoms with E-state index in [9.17, 15) is 40.2 Å². The molecule has 25 heavy (non-hydrogen) atoms. The van der Waals surface area contributed by atoms with E-state index in [0.29, 0.717) is 0 Å². The summed E-state index contributed by atoms with van der Waals surface area (Å²) in [5.41, 5.74) is -9.02. The van der Waals surface area contributed by atoms with Crippen LogP contribution in [0.3, 0.4) is 0 Å². The molecule has 9 heteroatoms. The molecule has 2 aliphatic carbocycles. The monoisotopic (exact) mass is 354 g/mol. The maximum atomic E-state index is 12.9. The van der Waals surface area contributed by atoms with Crippen molar-refractivity contribution in [2.45, 2.75) is 42.4 Å². The minimum absolute atomic E-state index is 0.247. The number of ether oxygens (including phenoxy) is 1. The molecule has 0 amide bonds. The minimum Gasteiger partial charge on any atom is -0.508 e. The highest BCUT2D eigenvalue weighted by Crippen LogP contribution is 2.50. The number of rotatable bonds is 1. The third kappa shape index (κ3) is 1.95. The molecular formula is C16H18O9. The Kier molecular flexibility index (Phi) is 3.55. The minimum atomic E-state index is -3.09. The zero-order valence-corrected chi connectivity index (χ0v) is 13.4. The average molecular weight is 354 g/mol. The van der Waals surface area contributed by atoms with Gasteiger partial charge < -0.3 is 35.4 Å². The first-order chi connectivity index (χ1) is 11.4. The van der Waals surface area contributed by atoms with Crippen LogP contribution in [0.2, 0.25) is 0 Å². The molecule has 1 fully saturated rings. The fourth-order valence-electron chi connectivity index (χ4n) is 3.73. The molecule has 0 bridgehead atoms. The number of hydrogen-bond donors (Lipinski definition) is 6. The van der Waals surface area contributed by atoms with Gasteiger partial charge in [0.05, 0.1) is 18.3 Å². The van der Waals surface area contributed by atoms with E-state index in [1.54, 1.807) is 0 Å². The van der Waals surface area contributed by atoms with Gasteiger partial charge in [-0.05, 0) is 13.0 Å². The Morgan fingerprint density at radius 3 is 2.24 bits per heavy atom. The summed E-state index contributed by atoms with van der Waals surface area (Å²) in [6.45, 7) is 1.05. The first-order valence-corrected chi connectivity index (χ1v) is 7.45. The Labute approximate surface area is 141 Å². The van der Waals surface area contributed by atoms with Crippen molar-refractivity contribution in [3.8, 4) is 11.5 Å². The highest BCUT2D eigenvalue weighted by molar-refractivity contribution is 6.23. The van der Waals surface area contributed by atoms with Gasteiger partial charge in [0.15, 0.2) is 17.0 Å². The van der Waals surface area contributed by atoms with Gasteiger partial charge in [-0.2, -0.15) is 0 Å². The lowest BCUT2D eigenvalue weighted by Gasteiger charge is -2.55. The first kappa shape index (κ1) is 17.8. The number of fused-ring (bicyclic) bond motifs is 2.